The highest BCUT2D eigenvalue weighted by Crippen LogP contribution is 2.58. The van der Waals surface area contributed by atoms with E-state index in [-0.39, 0.29) is 5.41 Å². The molecule has 256 valence electrons. The summed E-state index contributed by atoms with van der Waals surface area (Å²) in [6, 6.07) is 69.0. The molecule has 0 unspecified atom stereocenters. The van der Waals surface area contributed by atoms with Gasteiger partial charge in [0.1, 0.15) is 11.2 Å². The molecule has 54 heavy (non-hydrogen) atoms. The van der Waals surface area contributed by atoms with Gasteiger partial charge in [0, 0.05) is 22.2 Å². The SMILES string of the molecule is CC1(C)c2ccccc2-c2ccc(N(c3ccc4c(c3)-c3ccccc3C4(c3ccccc3)c3ccccc3)c3cccc4oc5ccccc5c34)cc21. The molecule has 2 aliphatic rings. The minimum absolute atomic E-state index is 0.135. The van der Waals surface area contributed by atoms with E-state index in [1.807, 2.05) is 6.07 Å². The molecular weight excluding hydrogens is 655 g/mol. The molecule has 1 aromatic heterocycles. The summed E-state index contributed by atoms with van der Waals surface area (Å²) < 4.78 is 6.48. The van der Waals surface area contributed by atoms with Gasteiger partial charge in [-0.2, -0.15) is 0 Å². The number of anilines is 3. The predicted molar refractivity (Wildman–Crippen MR) is 223 cm³/mol. The van der Waals surface area contributed by atoms with Gasteiger partial charge in [-0.3, -0.25) is 0 Å². The van der Waals surface area contributed by atoms with Gasteiger partial charge in [-0.25, -0.2) is 0 Å². The lowest BCUT2D eigenvalue weighted by molar-refractivity contribution is 0.660. The van der Waals surface area contributed by atoms with Crippen LogP contribution in [0.5, 0.6) is 0 Å². The molecule has 1 heterocycles. The first-order chi connectivity index (χ1) is 26.5. The predicted octanol–water partition coefficient (Wildman–Crippen LogP) is 13.7. The third-order valence-corrected chi connectivity index (χ3v) is 12.1. The lowest BCUT2D eigenvalue weighted by atomic mass is 9.68. The maximum absolute atomic E-state index is 6.48. The fourth-order valence-electron chi connectivity index (χ4n) is 9.78. The number of hydrogen-bond acceptors (Lipinski definition) is 2. The van der Waals surface area contributed by atoms with Gasteiger partial charge in [0.2, 0.25) is 0 Å². The largest absolute Gasteiger partial charge is 0.456 e. The summed E-state index contributed by atoms with van der Waals surface area (Å²) in [7, 11) is 0. The molecule has 9 aromatic rings. The van der Waals surface area contributed by atoms with Gasteiger partial charge < -0.3 is 9.32 Å². The molecule has 0 fully saturated rings. The second-order valence-corrected chi connectivity index (χ2v) is 15.2. The lowest BCUT2D eigenvalue weighted by Gasteiger charge is -2.34. The summed E-state index contributed by atoms with van der Waals surface area (Å²) in [5, 5.41) is 2.22. The van der Waals surface area contributed by atoms with E-state index in [4.69, 9.17) is 4.42 Å². The van der Waals surface area contributed by atoms with Crippen LogP contribution in [0.1, 0.15) is 47.2 Å². The van der Waals surface area contributed by atoms with Gasteiger partial charge in [-0.05, 0) is 98.1 Å². The average Bonchev–Trinajstić information content (AvgIpc) is 3.83. The van der Waals surface area contributed by atoms with Crippen molar-refractivity contribution in [1.82, 2.24) is 0 Å². The molecule has 0 spiro atoms. The molecule has 2 heteroatoms. The Bertz CT molecular complexity index is 2880. The molecule has 2 nitrogen and oxygen atoms in total. The number of fused-ring (bicyclic) bond motifs is 9. The molecule has 0 amide bonds. The molecule has 0 bridgehead atoms. The molecule has 0 radical (unpaired) electrons. The van der Waals surface area contributed by atoms with Gasteiger partial charge in [0.05, 0.1) is 16.5 Å². The number of nitrogens with zero attached hydrogens (tertiary/aromatic N) is 1. The van der Waals surface area contributed by atoms with Crippen LogP contribution in [0.25, 0.3) is 44.2 Å². The minimum atomic E-state index is -0.456. The fourth-order valence-corrected chi connectivity index (χ4v) is 9.78. The van der Waals surface area contributed by atoms with Crippen LogP contribution in [0.15, 0.2) is 192 Å². The Morgan fingerprint density at radius 1 is 0.407 bits per heavy atom. The quantitative estimate of drug-likeness (QED) is 0.179. The van der Waals surface area contributed by atoms with Crippen LogP contribution < -0.4 is 4.90 Å². The Balaban J connectivity index is 1.20. The van der Waals surface area contributed by atoms with Crippen molar-refractivity contribution in [2.75, 3.05) is 4.90 Å². The summed E-state index contributed by atoms with van der Waals surface area (Å²) >= 11 is 0. The maximum atomic E-state index is 6.48. The zero-order chi connectivity index (χ0) is 36.0. The van der Waals surface area contributed by atoms with Gasteiger partial charge in [0.25, 0.3) is 0 Å². The fraction of sp³-hybridized carbons (Fsp3) is 0.0769. The minimum Gasteiger partial charge on any atom is -0.456 e. The standard InChI is InChI=1S/C52H37NO/c1-51(2)43-23-12-9-20-38(43)40-30-28-37(33-46(40)51)53(47-25-15-27-49-50(47)41-22-11-14-26-48(41)54-49)36-29-31-45-42(32-36)39-21-10-13-24-44(39)52(45,34-16-5-3-6-17-34)35-18-7-4-8-19-35/h3-33H,1-2H3. The number of hydrogen-bond donors (Lipinski definition) is 0. The topological polar surface area (TPSA) is 16.4 Å². The van der Waals surface area contributed by atoms with E-state index in [1.54, 1.807) is 0 Å². The number of para-hydroxylation sites is 1. The summed E-state index contributed by atoms with van der Waals surface area (Å²) in [5.74, 6) is 0. The molecule has 0 atom stereocenters. The Morgan fingerprint density at radius 2 is 0.963 bits per heavy atom. The number of benzene rings is 8. The van der Waals surface area contributed by atoms with Crippen molar-refractivity contribution < 1.29 is 4.42 Å². The highest BCUT2D eigenvalue weighted by atomic mass is 16.3. The average molecular weight is 692 g/mol. The van der Waals surface area contributed by atoms with Crippen LogP contribution in [0.4, 0.5) is 17.1 Å². The van der Waals surface area contributed by atoms with Gasteiger partial charge >= 0.3 is 0 Å². The number of rotatable bonds is 5. The first-order valence-corrected chi connectivity index (χ1v) is 18.9. The molecule has 2 aliphatic carbocycles. The molecule has 0 N–H and O–H groups in total. The Hall–Kier alpha value is -6.64. The molecule has 0 saturated carbocycles. The Kier molecular flexibility index (Phi) is 6.55. The molecule has 0 aliphatic heterocycles. The van der Waals surface area contributed by atoms with E-state index in [9.17, 15) is 0 Å². The zero-order valence-electron chi connectivity index (χ0n) is 30.3. The summed E-state index contributed by atoms with van der Waals surface area (Å²) in [6.45, 7) is 4.71. The summed E-state index contributed by atoms with van der Waals surface area (Å²) in [5.41, 5.74) is 17.5. The van der Waals surface area contributed by atoms with Gasteiger partial charge in [0.15, 0.2) is 0 Å². The highest BCUT2D eigenvalue weighted by molar-refractivity contribution is 6.13. The normalized spacial score (nSPS) is 14.4. The van der Waals surface area contributed by atoms with E-state index in [0.29, 0.717) is 0 Å². The van der Waals surface area contributed by atoms with Crippen molar-refractivity contribution in [3.63, 3.8) is 0 Å². The molecule has 11 rings (SSSR count). The van der Waals surface area contributed by atoms with Crippen molar-refractivity contribution >= 4 is 39.0 Å². The first-order valence-electron chi connectivity index (χ1n) is 18.9. The highest BCUT2D eigenvalue weighted by Gasteiger charge is 2.46. The van der Waals surface area contributed by atoms with Crippen molar-refractivity contribution in [3.8, 4) is 22.3 Å². The van der Waals surface area contributed by atoms with Crippen LogP contribution in [0.3, 0.4) is 0 Å². The van der Waals surface area contributed by atoms with Crippen molar-refractivity contribution in [2.24, 2.45) is 0 Å². The second-order valence-electron chi connectivity index (χ2n) is 15.2. The van der Waals surface area contributed by atoms with E-state index < -0.39 is 5.41 Å². The third kappa shape index (κ3) is 4.17. The first kappa shape index (κ1) is 30.9. The van der Waals surface area contributed by atoms with Crippen LogP contribution in [-0.2, 0) is 10.8 Å². The lowest BCUT2D eigenvalue weighted by Crippen LogP contribution is -2.28. The van der Waals surface area contributed by atoms with E-state index in [2.05, 4.69) is 201 Å². The molecular formula is C52H37NO. The number of furan rings is 1. The van der Waals surface area contributed by atoms with Crippen molar-refractivity contribution in [3.05, 3.63) is 221 Å². The zero-order valence-corrected chi connectivity index (χ0v) is 30.3. The van der Waals surface area contributed by atoms with Crippen molar-refractivity contribution in [2.45, 2.75) is 24.7 Å². The van der Waals surface area contributed by atoms with E-state index in [0.717, 1.165) is 39.0 Å². The molecule has 8 aromatic carbocycles. The summed E-state index contributed by atoms with van der Waals surface area (Å²) in [6.07, 6.45) is 0. The van der Waals surface area contributed by atoms with Crippen LogP contribution in [-0.4, -0.2) is 0 Å². The van der Waals surface area contributed by atoms with Gasteiger partial charge in [-0.15, -0.1) is 0 Å². The molecule has 0 saturated heterocycles. The van der Waals surface area contributed by atoms with Crippen molar-refractivity contribution in [1.29, 1.82) is 0 Å². The third-order valence-electron chi connectivity index (χ3n) is 12.1. The summed E-state index contributed by atoms with van der Waals surface area (Å²) in [4.78, 5) is 2.46. The van der Waals surface area contributed by atoms with E-state index in [1.165, 1.54) is 55.6 Å². The van der Waals surface area contributed by atoms with Crippen LogP contribution in [0, 0.1) is 0 Å². The monoisotopic (exact) mass is 691 g/mol. The Labute approximate surface area is 315 Å². The maximum Gasteiger partial charge on any atom is 0.137 e. The Morgan fingerprint density at radius 3 is 1.72 bits per heavy atom. The van der Waals surface area contributed by atoms with Gasteiger partial charge in [-0.1, -0.05) is 159 Å². The van der Waals surface area contributed by atoms with Crippen LogP contribution in [0.2, 0.25) is 0 Å². The van der Waals surface area contributed by atoms with Crippen LogP contribution >= 0.6 is 0 Å². The second kappa shape index (κ2) is 11.4. The smallest absolute Gasteiger partial charge is 0.137 e. The van der Waals surface area contributed by atoms with E-state index >= 15 is 0 Å².